The van der Waals surface area contributed by atoms with Gasteiger partial charge in [-0.15, -0.1) is 0 Å². The summed E-state index contributed by atoms with van der Waals surface area (Å²) >= 11 is 12.1. The maximum Gasteiger partial charge on any atom is 0.196 e. The van der Waals surface area contributed by atoms with Gasteiger partial charge >= 0.3 is 0 Å². The van der Waals surface area contributed by atoms with Gasteiger partial charge < -0.3 is 0 Å². The number of rotatable bonds is 0. The Balaban J connectivity index is 2.39. The minimum Gasteiger partial charge on any atom is -0.289 e. The van der Waals surface area contributed by atoms with Crippen LogP contribution in [0.15, 0.2) is 30.3 Å². The summed E-state index contributed by atoms with van der Waals surface area (Å²) in [5.41, 5.74) is 2.10. The van der Waals surface area contributed by atoms with Crippen LogP contribution in [0.5, 0.6) is 0 Å². The first kappa shape index (κ1) is 12.4. The topological polar surface area (TPSA) is 34.1 Å². The fraction of sp³-hybridized carbons (Fsp3) is 0.0667. The lowest BCUT2D eigenvalue weighted by Crippen LogP contribution is -2.22. The normalized spacial score (nSPS) is 13.2. The van der Waals surface area contributed by atoms with Crippen molar-refractivity contribution in [3.05, 3.63) is 68.2 Å². The minimum absolute atomic E-state index is 0.204. The second kappa shape index (κ2) is 4.19. The van der Waals surface area contributed by atoms with Gasteiger partial charge in [0.15, 0.2) is 11.6 Å². The second-order valence-electron chi connectivity index (χ2n) is 4.49. The van der Waals surface area contributed by atoms with E-state index in [1.807, 2.05) is 6.92 Å². The molecule has 1 aliphatic carbocycles. The maximum atomic E-state index is 12.5. The first-order valence-corrected chi connectivity index (χ1v) is 6.44. The Morgan fingerprint density at radius 1 is 0.789 bits per heavy atom. The molecule has 0 aliphatic heterocycles. The zero-order valence-corrected chi connectivity index (χ0v) is 11.5. The highest BCUT2D eigenvalue weighted by atomic mass is 35.5. The van der Waals surface area contributed by atoms with Crippen molar-refractivity contribution < 1.29 is 9.59 Å². The molecule has 0 saturated carbocycles. The molecular formula is C15H8Cl2O2. The number of aryl methyl sites for hydroxylation is 1. The van der Waals surface area contributed by atoms with E-state index in [2.05, 4.69) is 0 Å². The van der Waals surface area contributed by atoms with Crippen molar-refractivity contribution >= 4 is 34.8 Å². The predicted molar refractivity (Wildman–Crippen MR) is 74.5 cm³/mol. The van der Waals surface area contributed by atoms with Crippen LogP contribution in [0.4, 0.5) is 0 Å². The van der Waals surface area contributed by atoms with E-state index in [4.69, 9.17) is 23.2 Å². The zero-order valence-electron chi connectivity index (χ0n) is 9.96. The Bertz CT molecular complexity index is 748. The third-order valence-electron chi connectivity index (χ3n) is 3.22. The molecule has 0 aromatic heterocycles. The number of hydrogen-bond donors (Lipinski definition) is 0. The molecule has 2 aromatic rings. The van der Waals surface area contributed by atoms with Crippen LogP contribution < -0.4 is 0 Å². The Hall–Kier alpha value is -1.64. The molecule has 2 nitrogen and oxygen atoms in total. The molecular weight excluding hydrogens is 283 g/mol. The van der Waals surface area contributed by atoms with E-state index in [-0.39, 0.29) is 32.7 Å². The molecule has 94 valence electrons. The van der Waals surface area contributed by atoms with Gasteiger partial charge in [-0.25, -0.2) is 0 Å². The van der Waals surface area contributed by atoms with E-state index in [0.29, 0.717) is 11.1 Å². The monoisotopic (exact) mass is 290 g/mol. The molecule has 0 fully saturated rings. The zero-order chi connectivity index (χ0) is 13.7. The van der Waals surface area contributed by atoms with Crippen molar-refractivity contribution in [3.8, 4) is 0 Å². The number of benzene rings is 2. The van der Waals surface area contributed by atoms with Gasteiger partial charge in [0.05, 0.1) is 21.2 Å². The first-order valence-electron chi connectivity index (χ1n) is 5.68. The van der Waals surface area contributed by atoms with E-state index in [1.165, 1.54) is 12.1 Å². The van der Waals surface area contributed by atoms with Crippen LogP contribution in [0.1, 0.15) is 37.4 Å². The van der Waals surface area contributed by atoms with Crippen molar-refractivity contribution in [1.29, 1.82) is 0 Å². The quantitative estimate of drug-likeness (QED) is 0.625. The average molecular weight is 291 g/mol. The molecule has 0 amide bonds. The molecule has 3 rings (SSSR count). The molecule has 0 heterocycles. The summed E-state index contributed by atoms with van der Waals surface area (Å²) in [6.45, 7) is 1.87. The van der Waals surface area contributed by atoms with Gasteiger partial charge in [-0.05, 0) is 25.1 Å². The lowest BCUT2D eigenvalue weighted by Gasteiger charge is -2.19. The molecule has 0 unspecified atom stereocenters. The number of fused-ring (bicyclic) bond motifs is 2. The van der Waals surface area contributed by atoms with Crippen molar-refractivity contribution in [2.24, 2.45) is 0 Å². The Morgan fingerprint density at radius 3 is 1.89 bits per heavy atom. The smallest absolute Gasteiger partial charge is 0.196 e. The summed E-state index contributed by atoms with van der Waals surface area (Å²) < 4.78 is 0. The van der Waals surface area contributed by atoms with Gasteiger partial charge in [-0.1, -0.05) is 40.9 Å². The Kier molecular flexibility index (Phi) is 2.73. The molecule has 1 aliphatic rings. The SMILES string of the molecule is Cc1ccc2c(c1)C(=O)c1c(Cl)ccc(Cl)c1C2=O. The van der Waals surface area contributed by atoms with Crippen LogP contribution in [-0.2, 0) is 0 Å². The highest BCUT2D eigenvalue weighted by Crippen LogP contribution is 2.36. The number of carbonyl (C=O) groups is 2. The minimum atomic E-state index is -0.253. The fourth-order valence-electron chi connectivity index (χ4n) is 2.31. The standard InChI is InChI=1S/C15H8Cl2O2/c1-7-2-3-8-9(6-7)15(19)13-11(17)5-4-10(16)12(13)14(8)18/h2-6H,1H3. The lowest BCUT2D eigenvalue weighted by atomic mass is 9.83. The lowest BCUT2D eigenvalue weighted by molar-refractivity contribution is 0.0979. The fourth-order valence-corrected chi connectivity index (χ4v) is 2.80. The summed E-state index contributed by atoms with van der Waals surface area (Å²) in [7, 11) is 0. The number of hydrogen-bond acceptors (Lipinski definition) is 2. The second-order valence-corrected chi connectivity index (χ2v) is 5.30. The first-order chi connectivity index (χ1) is 9.00. The number of halogens is 2. The third kappa shape index (κ3) is 1.71. The average Bonchev–Trinajstić information content (AvgIpc) is 2.38. The van der Waals surface area contributed by atoms with E-state index in [0.717, 1.165) is 5.56 Å². The summed E-state index contributed by atoms with van der Waals surface area (Å²) in [5, 5.41) is 0.508. The number of ketones is 2. The van der Waals surface area contributed by atoms with Gasteiger partial charge in [-0.2, -0.15) is 0 Å². The van der Waals surface area contributed by atoms with E-state index >= 15 is 0 Å². The van der Waals surface area contributed by atoms with E-state index in [9.17, 15) is 9.59 Å². The van der Waals surface area contributed by atoms with Crippen LogP contribution in [0.25, 0.3) is 0 Å². The molecule has 4 heteroatoms. The summed E-state index contributed by atoms with van der Waals surface area (Å²) in [5.74, 6) is -0.502. The highest BCUT2D eigenvalue weighted by Gasteiger charge is 2.33. The highest BCUT2D eigenvalue weighted by molar-refractivity contribution is 6.43. The molecule has 0 N–H and O–H groups in total. The molecule has 0 bridgehead atoms. The summed E-state index contributed by atoms with van der Waals surface area (Å²) in [6.07, 6.45) is 0. The van der Waals surface area contributed by atoms with Crippen molar-refractivity contribution in [2.45, 2.75) is 6.92 Å². The van der Waals surface area contributed by atoms with Crippen LogP contribution in [-0.4, -0.2) is 11.6 Å². The molecule has 0 saturated heterocycles. The van der Waals surface area contributed by atoms with E-state index in [1.54, 1.807) is 18.2 Å². The van der Waals surface area contributed by atoms with Crippen LogP contribution >= 0.6 is 23.2 Å². The largest absolute Gasteiger partial charge is 0.289 e. The molecule has 0 spiro atoms. The maximum absolute atomic E-state index is 12.5. The van der Waals surface area contributed by atoms with Gasteiger partial charge in [0, 0.05) is 11.1 Å². The van der Waals surface area contributed by atoms with Crippen molar-refractivity contribution in [3.63, 3.8) is 0 Å². The van der Waals surface area contributed by atoms with E-state index < -0.39 is 0 Å². The van der Waals surface area contributed by atoms with Crippen LogP contribution in [0.3, 0.4) is 0 Å². The van der Waals surface area contributed by atoms with Crippen molar-refractivity contribution in [2.75, 3.05) is 0 Å². The Morgan fingerprint density at radius 2 is 1.32 bits per heavy atom. The Labute approximate surface area is 120 Å². The van der Waals surface area contributed by atoms with Crippen LogP contribution in [0.2, 0.25) is 10.0 Å². The predicted octanol–water partition coefficient (Wildman–Crippen LogP) is 4.08. The van der Waals surface area contributed by atoms with Crippen LogP contribution in [0, 0.1) is 6.92 Å². The summed E-state index contributed by atoms with van der Waals surface area (Å²) in [4.78, 5) is 24.9. The number of carbonyl (C=O) groups excluding carboxylic acids is 2. The molecule has 19 heavy (non-hydrogen) atoms. The molecule has 0 radical (unpaired) electrons. The third-order valence-corrected chi connectivity index (χ3v) is 3.85. The van der Waals surface area contributed by atoms with Gasteiger partial charge in [0.25, 0.3) is 0 Å². The van der Waals surface area contributed by atoms with Gasteiger partial charge in [0.1, 0.15) is 0 Å². The van der Waals surface area contributed by atoms with Crippen molar-refractivity contribution in [1.82, 2.24) is 0 Å². The molecule has 0 atom stereocenters. The summed E-state index contributed by atoms with van der Waals surface area (Å²) in [6, 6.07) is 8.23. The van der Waals surface area contributed by atoms with Gasteiger partial charge in [-0.3, -0.25) is 9.59 Å². The molecule has 2 aromatic carbocycles. The van der Waals surface area contributed by atoms with Gasteiger partial charge in [0.2, 0.25) is 0 Å².